The van der Waals surface area contributed by atoms with E-state index >= 15 is 0 Å². The number of rotatable bonds is 5. The third-order valence-corrected chi connectivity index (χ3v) is 3.61. The molecule has 0 aliphatic rings. The Kier molecular flexibility index (Phi) is 6.68. The van der Waals surface area contributed by atoms with E-state index in [1.807, 2.05) is 12.1 Å². The number of anilines is 2. The Morgan fingerprint density at radius 1 is 1.00 bits per heavy atom. The predicted molar refractivity (Wildman–Crippen MR) is 97.5 cm³/mol. The van der Waals surface area contributed by atoms with Crippen LogP contribution in [0.2, 0.25) is 5.02 Å². The lowest BCUT2D eigenvalue weighted by atomic mass is 10.1. The highest BCUT2D eigenvalue weighted by atomic mass is 35.5. The first-order chi connectivity index (χ1) is 12.3. The summed E-state index contributed by atoms with van der Waals surface area (Å²) in [5.41, 5.74) is 1.05. The molecule has 0 fully saturated rings. The van der Waals surface area contributed by atoms with Crippen molar-refractivity contribution in [2.24, 2.45) is 0 Å². The minimum absolute atomic E-state index is 0.200. The maximum absolute atomic E-state index is 13.8. The Morgan fingerprint density at radius 3 is 2.35 bits per heavy atom. The Hall–Kier alpha value is -2.93. The molecule has 0 radical (unpaired) electrons. The summed E-state index contributed by atoms with van der Waals surface area (Å²) in [6, 6.07) is 10.8. The number of benzene rings is 2. The molecule has 8 heteroatoms. The monoisotopic (exact) mass is 377 g/mol. The normalized spacial score (nSPS) is 10.1. The van der Waals surface area contributed by atoms with E-state index in [9.17, 15) is 18.8 Å². The molecule has 0 heterocycles. The van der Waals surface area contributed by atoms with Crippen LogP contribution < -0.4 is 16.0 Å². The van der Waals surface area contributed by atoms with Crippen molar-refractivity contribution in [3.8, 4) is 0 Å². The molecule has 0 bridgehead atoms. The van der Waals surface area contributed by atoms with Crippen LogP contribution in [-0.4, -0.2) is 24.3 Å². The molecular weight excluding hydrogens is 361 g/mol. The van der Waals surface area contributed by atoms with Crippen molar-refractivity contribution in [1.82, 2.24) is 5.32 Å². The van der Waals surface area contributed by atoms with E-state index in [2.05, 4.69) is 16.0 Å². The minimum atomic E-state index is -1.00. The van der Waals surface area contributed by atoms with E-state index in [-0.39, 0.29) is 18.1 Å². The number of carbonyl (C=O) groups is 3. The van der Waals surface area contributed by atoms with Crippen LogP contribution in [0, 0.1) is 5.82 Å². The van der Waals surface area contributed by atoms with Crippen LogP contribution in [0.3, 0.4) is 0 Å². The maximum Gasteiger partial charge on any atom is 0.313 e. The van der Waals surface area contributed by atoms with E-state index in [1.165, 1.54) is 19.1 Å². The van der Waals surface area contributed by atoms with Gasteiger partial charge in [-0.25, -0.2) is 4.39 Å². The molecule has 2 aromatic rings. The molecule has 0 unspecified atom stereocenters. The maximum atomic E-state index is 13.8. The van der Waals surface area contributed by atoms with Gasteiger partial charge in [-0.15, -0.1) is 0 Å². The van der Waals surface area contributed by atoms with E-state index in [1.54, 1.807) is 12.1 Å². The lowest BCUT2D eigenvalue weighted by Crippen LogP contribution is -2.36. The molecule has 0 spiro atoms. The van der Waals surface area contributed by atoms with Gasteiger partial charge in [0.2, 0.25) is 5.91 Å². The molecule has 6 nitrogen and oxygen atoms in total. The van der Waals surface area contributed by atoms with Crippen LogP contribution in [0.25, 0.3) is 0 Å². The van der Waals surface area contributed by atoms with E-state index in [4.69, 9.17) is 11.6 Å². The standard InChI is InChI=1S/C18H17ClFN3O3/c1-11(24)22-14-6-7-15(20)16(10-14)23-18(26)17(25)21-9-8-12-2-4-13(19)5-3-12/h2-7,10H,8-9H2,1H3,(H,21,25)(H,22,24)(H,23,26). The molecule has 3 amide bonds. The van der Waals surface area contributed by atoms with Crippen LogP contribution in [0.4, 0.5) is 15.8 Å². The molecule has 2 rings (SSSR count). The van der Waals surface area contributed by atoms with Gasteiger partial charge in [0.25, 0.3) is 0 Å². The van der Waals surface area contributed by atoms with Crippen molar-refractivity contribution in [2.45, 2.75) is 13.3 Å². The number of nitrogens with one attached hydrogen (secondary N) is 3. The first-order valence-corrected chi connectivity index (χ1v) is 8.13. The third-order valence-electron chi connectivity index (χ3n) is 3.35. The number of carbonyl (C=O) groups excluding carboxylic acids is 3. The van der Waals surface area contributed by atoms with Gasteiger partial charge in [0.05, 0.1) is 5.69 Å². The van der Waals surface area contributed by atoms with Gasteiger partial charge >= 0.3 is 11.8 Å². The second kappa shape index (κ2) is 8.96. The highest BCUT2D eigenvalue weighted by Crippen LogP contribution is 2.19. The van der Waals surface area contributed by atoms with Crippen LogP contribution in [0.15, 0.2) is 42.5 Å². The van der Waals surface area contributed by atoms with Gasteiger partial charge < -0.3 is 16.0 Å². The molecule has 136 valence electrons. The Labute approximate surface area is 154 Å². The number of amides is 3. The fourth-order valence-electron chi connectivity index (χ4n) is 2.13. The Bertz CT molecular complexity index is 825. The highest BCUT2D eigenvalue weighted by Gasteiger charge is 2.15. The molecule has 3 N–H and O–H groups in total. The lowest BCUT2D eigenvalue weighted by molar-refractivity contribution is -0.136. The lowest BCUT2D eigenvalue weighted by Gasteiger charge is -2.09. The zero-order valence-corrected chi connectivity index (χ0v) is 14.7. The average Bonchev–Trinajstić information content (AvgIpc) is 2.59. The zero-order chi connectivity index (χ0) is 19.1. The average molecular weight is 378 g/mol. The highest BCUT2D eigenvalue weighted by molar-refractivity contribution is 6.39. The number of halogens is 2. The summed E-state index contributed by atoms with van der Waals surface area (Å²) >= 11 is 5.79. The largest absolute Gasteiger partial charge is 0.347 e. The van der Waals surface area contributed by atoms with Crippen molar-refractivity contribution >= 4 is 40.7 Å². The van der Waals surface area contributed by atoms with Gasteiger partial charge in [-0.05, 0) is 42.3 Å². The molecule has 0 saturated heterocycles. The summed E-state index contributed by atoms with van der Waals surface area (Å²) < 4.78 is 13.8. The molecular formula is C18H17ClFN3O3. The zero-order valence-electron chi connectivity index (χ0n) is 13.9. The van der Waals surface area contributed by atoms with E-state index < -0.39 is 17.6 Å². The molecule has 0 aromatic heterocycles. The summed E-state index contributed by atoms with van der Waals surface area (Å²) in [7, 11) is 0. The predicted octanol–water partition coefficient (Wildman–Crippen LogP) is 2.73. The van der Waals surface area contributed by atoms with Gasteiger partial charge in [0.15, 0.2) is 0 Å². The van der Waals surface area contributed by atoms with E-state index in [0.29, 0.717) is 17.1 Å². The van der Waals surface area contributed by atoms with Gasteiger partial charge in [-0.3, -0.25) is 14.4 Å². The Morgan fingerprint density at radius 2 is 1.69 bits per heavy atom. The van der Waals surface area contributed by atoms with Gasteiger partial charge in [0, 0.05) is 24.2 Å². The van der Waals surface area contributed by atoms with Crippen molar-refractivity contribution in [1.29, 1.82) is 0 Å². The van der Waals surface area contributed by atoms with Gasteiger partial charge in [-0.1, -0.05) is 23.7 Å². The fraction of sp³-hybridized carbons (Fsp3) is 0.167. The van der Waals surface area contributed by atoms with Crippen molar-refractivity contribution in [2.75, 3.05) is 17.2 Å². The molecule has 0 aliphatic heterocycles. The van der Waals surface area contributed by atoms with E-state index in [0.717, 1.165) is 11.6 Å². The quantitative estimate of drug-likeness (QED) is 0.700. The second-order valence-corrected chi connectivity index (χ2v) is 5.90. The first kappa shape index (κ1) is 19.4. The molecule has 0 atom stereocenters. The second-order valence-electron chi connectivity index (χ2n) is 5.46. The molecule has 0 saturated carbocycles. The summed E-state index contributed by atoms with van der Waals surface area (Å²) in [4.78, 5) is 34.7. The van der Waals surface area contributed by atoms with Crippen LogP contribution >= 0.6 is 11.6 Å². The summed E-state index contributed by atoms with van der Waals surface area (Å²) in [5.74, 6) is -2.95. The van der Waals surface area contributed by atoms with Crippen molar-refractivity contribution in [3.05, 3.63) is 58.9 Å². The van der Waals surface area contributed by atoms with Gasteiger partial charge in [0.1, 0.15) is 5.82 Å². The molecule has 2 aromatic carbocycles. The van der Waals surface area contributed by atoms with Crippen LogP contribution in [0.5, 0.6) is 0 Å². The summed E-state index contributed by atoms with van der Waals surface area (Å²) in [6.45, 7) is 1.54. The minimum Gasteiger partial charge on any atom is -0.347 e. The Balaban J connectivity index is 1.89. The van der Waals surface area contributed by atoms with Crippen LogP contribution in [0.1, 0.15) is 12.5 Å². The summed E-state index contributed by atoms with van der Waals surface area (Å²) in [6.07, 6.45) is 0.516. The number of hydrogen-bond acceptors (Lipinski definition) is 3. The summed E-state index contributed by atoms with van der Waals surface area (Å²) in [5, 5.41) is 7.72. The smallest absolute Gasteiger partial charge is 0.313 e. The van der Waals surface area contributed by atoms with Crippen molar-refractivity contribution < 1.29 is 18.8 Å². The third kappa shape index (κ3) is 5.86. The molecule has 26 heavy (non-hydrogen) atoms. The topological polar surface area (TPSA) is 87.3 Å². The fourth-order valence-corrected chi connectivity index (χ4v) is 2.26. The van der Waals surface area contributed by atoms with Crippen LogP contribution in [-0.2, 0) is 20.8 Å². The first-order valence-electron chi connectivity index (χ1n) is 7.76. The van der Waals surface area contributed by atoms with Crippen molar-refractivity contribution in [3.63, 3.8) is 0 Å². The number of hydrogen-bond donors (Lipinski definition) is 3. The van der Waals surface area contributed by atoms with Gasteiger partial charge in [-0.2, -0.15) is 0 Å². The molecule has 0 aliphatic carbocycles. The SMILES string of the molecule is CC(=O)Nc1ccc(F)c(NC(=O)C(=O)NCCc2ccc(Cl)cc2)c1.